The molecule has 3 rings (SSSR count). The molecule has 0 aliphatic rings. The largest absolute Gasteiger partial charge is 0.494 e. The number of aryl methyl sites for hydroxylation is 1. The molecule has 0 saturated carbocycles. The van der Waals surface area contributed by atoms with Gasteiger partial charge in [-0.15, -0.1) is 0 Å². The lowest BCUT2D eigenvalue weighted by Crippen LogP contribution is -2.02. The number of hydrogen-bond donors (Lipinski definition) is 1. The van der Waals surface area contributed by atoms with Gasteiger partial charge in [-0.25, -0.2) is 4.68 Å². The molecule has 2 aromatic carbocycles. The number of ketones is 1. The lowest BCUT2D eigenvalue weighted by atomic mass is 10.1. The number of carboxylic acid groups (broad SMARTS) is 1. The summed E-state index contributed by atoms with van der Waals surface area (Å²) in [6, 6.07) is 16.7. The van der Waals surface area contributed by atoms with Gasteiger partial charge >= 0.3 is 5.97 Å². The van der Waals surface area contributed by atoms with Crippen molar-refractivity contribution in [1.82, 2.24) is 9.78 Å². The summed E-state index contributed by atoms with van der Waals surface area (Å²) in [5, 5.41) is 13.2. The van der Waals surface area contributed by atoms with Gasteiger partial charge in [-0.1, -0.05) is 18.2 Å². The van der Waals surface area contributed by atoms with Crippen LogP contribution in [0.3, 0.4) is 0 Å². The van der Waals surface area contributed by atoms with E-state index >= 15 is 0 Å². The molecule has 6 heteroatoms. The molecule has 0 aliphatic carbocycles. The van der Waals surface area contributed by atoms with E-state index in [1.807, 2.05) is 48.9 Å². The van der Waals surface area contributed by atoms with Crippen LogP contribution in [0.1, 0.15) is 40.2 Å². The Morgan fingerprint density at radius 3 is 2.43 bits per heavy atom. The van der Waals surface area contributed by atoms with E-state index in [4.69, 9.17) is 9.84 Å². The molecule has 0 aliphatic heterocycles. The van der Waals surface area contributed by atoms with Crippen molar-refractivity contribution in [1.29, 1.82) is 0 Å². The normalized spacial score (nSPS) is 11.0. The molecule has 0 atom stereocenters. The summed E-state index contributed by atoms with van der Waals surface area (Å²) in [5.74, 6) is -0.346. The van der Waals surface area contributed by atoms with Crippen molar-refractivity contribution in [3.63, 3.8) is 0 Å². The van der Waals surface area contributed by atoms with Gasteiger partial charge in [0.05, 0.1) is 18.0 Å². The Morgan fingerprint density at radius 2 is 1.77 bits per heavy atom. The summed E-state index contributed by atoms with van der Waals surface area (Å²) in [4.78, 5) is 23.0. The maximum atomic E-state index is 12.5. The van der Waals surface area contributed by atoms with Gasteiger partial charge in [0.15, 0.2) is 5.78 Å². The summed E-state index contributed by atoms with van der Waals surface area (Å²) >= 11 is 0. The van der Waals surface area contributed by atoms with Crippen LogP contribution < -0.4 is 4.74 Å². The topological polar surface area (TPSA) is 81.4 Å². The SMILES string of the molecule is Cc1nn(-c2ccccc2)c(C)c1/C=C/C(=O)c1ccc(OCCCC(=O)O)cc1. The number of benzene rings is 2. The Morgan fingerprint density at radius 1 is 1.07 bits per heavy atom. The monoisotopic (exact) mass is 404 g/mol. The Balaban J connectivity index is 1.66. The highest BCUT2D eigenvalue weighted by molar-refractivity contribution is 6.07. The van der Waals surface area contributed by atoms with E-state index in [-0.39, 0.29) is 12.2 Å². The predicted molar refractivity (Wildman–Crippen MR) is 115 cm³/mol. The molecular weight excluding hydrogens is 380 g/mol. The average Bonchev–Trinajstić information content (AvgIpc) is 3.04. The number of rotatable bonds is 9. The molecule has 1 heterocycles. The van der Waals surface area contributed by atoms with Crippen LogP contribution in [-0.4, -0.2) is 33.2 Å². The Labute approximate surface area is 175 Å². The summed E-state index contributed by atoms with van der Waals surface area (Å²) in [7, 11) is 0. The van der Waals surface area contributed by atoms with Gasteiger partial charge in [0, 0.05) is 23.2 Å². The zero-order valence-corrected chi connectivity index (χ0v) is 17.0. The van der Waals surface area contributed by atoms with E-state index in [2.05, 4.69) is 5.10 Å². The lowest BCUT2D eigenvalue weighted by molar-refractivity contribution is -0.137. The summed E-state index contributed by atoms with van der Waals surface area (Å²) < 4.78 is 7.36. The van der Waals surface area contributed by atoms with Crippen molar-refractivity contribution < 1.29 is 19.4 Å². The van der Waals surface area contributed by atoms with Crippen LogP contribution in [0.2, 0.25) is 0 Å². The van der Waals surface area contributed by atoms with Gasteiger partial charge in [-0.05, 0) is 68.8 Å². The number of aromatic nitrogens is 2. The van der Waals surface area contributed by atoms with Crippen molar-refractivity contribution >= 4 is 17.8 Å². The van der Waals surface area contributed by atoms with Crippen LogP contribution in [0.15, 0.2) is 60.7 Å². The molecule has 1 aromatic heterocycles. The number of carbonyl (C=O) groups is 2. The number of ether oxygens (including phenoxy) is 1. The maximum absolute atomic E-state index is 12.5. The van der Waals surface area contributed by atoms with E-state index in [1.165, 1.54) is 0 Å². The minimum absolute atomic E-state index is 0.0705. The van der Waals surface area contributed by atoms with Gasteiger partial charge in [-0.2, -0.15) is 5.10 Å². The number of nitrogens with zero attached hydrogens (tertiary/aromatic N) is 2. The maximum Gasteiger partial charge on any atom is 0.303 e. The first-order valence-corrected chi connectivity index (χ1v) is 9.74. The summed E-state index contributed by atoms with van der Waals surface area (Å²) in [6.07, 6.45) is 3.86. The molecule has 0 amide bonds. The van der Waals surface area contributed by atoms with Crippen molar-refractivity contribution in [2.45, 2.75) is 26.7 Å². The minimum atomic E-state index is -0.842. The smallest absolute Gasteiger partial charge is 0.303 e. The molecule has 0 fully saturated rings. The number of hydrogen-bond acceptors (Lipinski definition) is 4. The number of carbonyl (C=O) groups excluding carboxylic acids is 1. The molecule has 0 saturated heterocycles. The van der Waals surface area contributed by atoms with Crippen molar-refractivity contribution in [3.8, 4) is 11.4 Å². The zero-order chi connectivity index (χ0) is 21.5. The fourth-order valence-electron chi connectivity index (χ4n) is 3.10. The van der Waals surface area contributed by atoms with E-state index in [1.54, 1.807) is 36.4 Å². The highest BCUT2D eigenvalue weighted by atomic mass is 16.5. The van der Waals surface area contributed by atoms with E-state index in [0.29, 0.717) is 24.3 Å². The fourth-order valence-corrected chi connectivity index (χ4v) is 3.10. The van der Waals surface area contributed by atoms with E-state index in [0.717, 1.165) is 22.6 Å². The zero-order valence-electron chi connectivity index (χ0n) is 17.0. The Hall–Kier alpha value is -3.67. The fraction of sp³-hybridized carbons (Fsp3) is 0.208. The quantitative estimate of drug-likeness (QED) is 0.319. The second-order valence-electron chi connectivity index (χ2n) is 6.90. The van der Waals surface area contributed by atoms with Crippen molar-refractivity contribution in [2.75, 3.05) is 6.61 Å². The highest BCUT2D eigenvalue weighted by Gasteiger charge is 2.11. The first-order valence-electron chi connectivity index (χ1n) is 9.74. The standard InChI is InChI=1S/C24H24N2O4/c1-17-22(18(2)26(25-17)20-7-4-3-5-8-20)14-15-23(27)19-10-12-21(13-11-19)30-16-6-9-24(28)29/h3-5,7-8,10-15H,6,9,16H2,1-2H3,(H,28,29)/b15-14+. The van der Waals surface area contributed by atoms with Crippen LogP contribution in [0.5, 0.6) is 5.75 Å². The van der Waals surface area contributed by atoms with E-state index < -0.39 is 5.97 Å². The number of para-hydroxylation sites is 1. The van der Waals surface area contributed by atoms with Gasteiger partial charge < -0.3 is 9.84 Å². The number of carboxylic acids is 1. The molecule has 154 valence electrons. The van der Waals surface area contributed by atoms with Crippen LogP contribution in [0, 0.1) is 13.8 Å². The van der Waals surface area contributed by atoms with Crippen LogP contribution >= 0.6 is 0 Å². The van der Waals surface area contributed by atoms with Crippen LogP contribution in [0.25, 0.3) is 11.8 Å². The third-order valence-electron chi connectivity index (χ3n) is 4.69. The van der Waals surface area contributed by atoms with Crippen LogP contribution in [-0.2, 0) is 4.79 Å². The molecule has 30 heavy (non-hydrogen) atoms. The van der Waals surface area contributed by atoms with Crippen molar-refractivity contribution in [3.05, 3.63) is 83.2 Å². The Bertz CT molecular complexity index is 1050. The molecular formula is C24H24N2O4. The minimum Gasteiger partial charge on any atom is -0.494 e. The third kappa shape index (κ3) is 5.23. The molecule has 3 aromatic rings. The molecule has 0 unspecified atom stereocenters. The molecule has 1 N–H and O–H groups in total. The van der Waals surface area contributed by atoms with Gasteiger partial charge in [-0.3, -0.25) is 9.59 Å². The second-order valence-corrected chi connectivity index (χ2v) is 6.90. The lowest BCUT2D eigenvalue weighted by Gasteiger charge is -2.05. The first-order chi connectivity index (χ1) is 14.5. The highest BCUT2D eigenvalue weighted by Crippen LogP contribution is 2.20. The van der Waals surface area contributed by atoms with Gasteiger partial charge in [0.2, 0.25) is 0 Å². The third-order valence-corrected chi connectivity index (χ3v) is 4.69. The van der Waals surface area contributed by atoms with Gasteiger partial charge in [0.25, 0.3) is 0 Å². The number of aliphatic carboxylic acids is 1. The molecule has 6 nitrogen and oxygen atoms in total. The van der Waals surface area contributed by atoms with Crippen LogP contribution in [0.4, 0.5) is 0 Å². The Kier molecular flexibility index (Phi) is 6.80. The molecule has 0 spiro atoms. The average molecular weight is 404 g/mol. The predicted octanol–water partition coefficient (Wildman–Crippen LogP) is 4.63. The summed E-state index contributed by atoms with van der Waals surface area (Å²) in [5.41, 5.74) is 4.27. The van der Waals surface area contributed by atoms with E-state index in [9.17, 15) is 9.59 Å². The molecule has 0 radical (unpaired) electrons. The number of allylic oxidation sites excluding steroid dienone is 1. The molecule has 0 bridgehead atoms. The first kappa shape index (κ1) is 21.0. The summed E-state index contributed by atoms with van der Waals surface area (Å²) in [6.45, 7) is 4.23. The van der Waals surface area contributed by atoms with Gasteiger partial charge in [0.1, 0.15) is 5.75 Å². The second kappa shape index (κ2) is 9.69. The van der Waals surface area contributed by atoms with Crippen molar-refractivity contribution in [2.24, 2.45) is 0 Å².